The Morgan fingerprint density at radius 2 is 2.00 bits per heavy atom. The van der Waals surface area contributed by atoms with Gasteiger partial charge in [-0.15, -0.1) is 0 Å². The molecule has 0 bridgehead atoms. The smallest absolute Gasteiger partial charge is 0.228 e. The van der Waals surface area contributed by atoms with Gasteiger partial charge in [-0.2, -0.15) is 0 Å². The molecule has 160 valence electrons. The molecule has 5 rings (SSSR count). The molecule has 0 unspecified atom stereocenters. The molecule has 8 heteroatoms. The summed E-state index contributed by atoms with van der Waals surface area (Å²) in [5.74, 6) is 0.341. The van der Waals surface area contributed by atoms with Crippen molar-refractivity contribution in [3.8, 4) is 0 Å². The number of nitrogens with zero attached hydrogens (tertiary/aromatic N) is 3. The minimum absolute atomic E-state index is 0.00637. The zero-order chi connectivity index (χ0) is 20.9. The molecule has 1 saturated carbocycles. The second-order valence-electron chi connectivity index (χ2n) is 8.85. The first-order valence-electron chi connectivity index (χ1n) is 10.6. The van der Waals surface area contributed by atoms with Gasteiger partial charge < -0.3 is 20.1 Å². The van der Waals surface area contributed by atoms with Crippen molar-refractivity contribution in [2.45, 2.75) is 31.4 Å². The molecule has 1 aromatic heterocycles. The van der Waals surface area contributed by atoms with Gasteiger partial charge >= 0.3 is 0 Å². The molecule has 2 aromatic rings. The number of piperazine rings is 1. The number of aliphatic hydroxyl groups excluding tert-OH is 1. The number of aromatic nitrogens is 1. The number of benzene rings is 1. The first-order valence-corrected chi connectivity index (χ1v) is 10.6. The third-order valence-corrected chi connectivity index (χ3v) is 6.72. The quantitative estimate of drug-likeness (QED) is 0.797. The molecule has 3 fully saturated rings. The van der Waals surface area contributed by atoms with E-state index in [2.05, 4.69) is 15.2 Å². The van der Waals surface area contributed by atoms with E-state index in [0.29, 0.717) is 43.2 Å². The predicted molar refractivity (Wildman–Crippen MR) is 112 cm³/mol. The van der Waals surface area contributed by atoms with Crippen molar-refractivity contribution in [1.82, 2.24) is 9.88 Å². The van der Waals surface area contributed by atoms with Crippen LogP contribution in [0.2, 0.25) is 0 Å². The van der Waals surface area contributed by atoms with Crippen LogP contribution in [0.1, 0.15) is 19.8 Å². The Labute approximate surface area is 174 Å². The third-order valence-electron chi connectivity index (χ3n) is 6.72. The SMILES string of the molecule is C[C@@]1(N2CCN(c3cc4cc(NC(=O)C5CC5)ncc4cc3F)CC2)COC[C@@H]1O. The lowest BCUT2D eigenvalue weighted by molar-refractivity contribution is -0.117. The van der Waals surface area contributed by atoms with Crippen LogP contribution in [0.3, 0.4) is 0 Å². The van der Waals surface area contributed by atoms with Crippen LogP contribution in [-0.2, 0) is 9.53 Å². The van der Waals surface area contributed by atoms with Gasteiger partial charge in [0.25, 0.3) is 0 Å². The van der Waals surface area contributed by atoms with Crippen LogP contribution >= 0.6 is 0 Å². The lowest BCUT2D eigenvalue weighted by Crippen LogP contribution is -2.60. The van der Waals surface area contributed by atoms with Crippen LogP contribution in [0.15, 0.2) is 24.4 Å². The number of nitrogens with one attached hydrogen (secondary N) is 1. The predicted octanol–water partition coefficient (Wildman–Crippen LogP) is 1.99. The van der Waals surface area contributed by atoms with Crippen LogP contribution < -0.4 is 10.2 Å². The van der Waals surface area contributed by atoms with E-state index in [9.17, 15) is 14.3 Å². The van der Waals surface area contributed by atoms with Crippen LogP contribution in [0.25, 0.3) is 10.8 Å². The van der Waals surface area contributed by atoms with E-state index in [4.69, 9.17) is 4.74 Å². The molecule has 2 aliphatic heterocycles. The molecule has 2 N–H and O–H groups in total. The number of halogens is 1. The fourth-order valence-corrected chi connectivity index (χ4v) is 4.45. The molecule has 2 saturated heterocycles. The molecule has 0 spiro atoms. The molecule has 7 nitrogen and oxygen atoms in total. The molecular formula is C22H27FN4O3. The molecule has 1 amide bonds. The number of hydrogen-bond donors (Lipinski definition) is 2. The fraction of sp³-hybridized carbons (Fsp3) is 0.545. The Balaban J connectivity index is 1.33. The summed E-state index contributed by atoms with van der Waals surface area (Å²) in [7, 11) is 0. The van der Waals surface area contributed by atoms with Crippen molar-refractivity contribution in [2.24, 2.45) is 5.92 Å². The van der Waals surface area contributed by atoms with E-state index in [0.717, 1.165) is 31.3 Å². The number of fused-ring (bicyclic) bond motifs is 1. The van der Waals surface area contributed by atoms with Crippen molar-refractivity contribution < 1.29 is 19.0 Å². The standard InChI is InChI=1S/C22H27FN4O3/c1-22(13-30-12-19(22)28)27-6-4-26(5-7-27)18-9-15-10-20(25-21(29)14-2-3-14)24-11-16(15)8-17(18)23/h8-11,14,19,28H,2-7,12-13H2,1H3,(H,24,25,29)/t19-,22+/m0/s1. The number of hydrogen-bond acceptors (Lipinski definition) is 6. The van der Waals surface area contributed by atoms with Gasteiger partial charge in [-0.3, -0.25) is 9.69 Å². The largest absolute Gasteiger partial charge is 0.389 e. The van der Waals surface area contributed by atoms with Crippen LogP contribution in [0.5, 0.6) is 0 Å². The highest BCUT2D eigenvalue weighted by Crippen LogP contribution is 2.32. The Morgan fingerprint density at radius 3 is 2.67 bits per heavy atom. The highest BCUT2D eigenvalue weighted by atomic mass is 19.1. The number of ether oxygens (including phenoxy) is 1. The Bertz CT molecular complexity index is 974. The molecule has 30 heavy (non-hydrogen) atoms. The number of pyridine rings is 1. The van der Waals surface area contributed by atoms with E-state index in [1.165, 1.54) is 6.07 Å². The monoisotopic (exact) mass is 414 g/mol. The Hall–Kier alpha value is -2.29. The molecule has 0 radical (unpaired) electrons. The van der Waals surface area contributed by atoms with Crippen molar-refractivity contribution in [1.29, 1.82) is 0 Å². The highest BCUT2D eigenvalue weighted by Gasteiger charge is 2.44. The van der Waals surface area contributed by atoms with Gasteiger partial charge in [-0.1, -0.05) is 0 Å². The number of carbonyl (C=O) groups is 1. The van der Waals surface area contributed by atoms with Crippen molar-refractivity contribution in [2.75, 3.05) is 49.6 Å². The minimum Gasteiger partial charge on any atom is -0.389 e. The highest BCUT2D eigenvalue weighted by molar-refractivity contribution is 5.95. The van der Waals surface area contributed by atoms with Gasteiger partial charge in [-0.25, -0.2) is 9.37 Å². The summed E-state index contributed by atoms with van der Waals surface area (Å²) in [4.78, 5) is 20.6. The molecule has 3 aliphatic rings. The summed E-state index contributed by atoms with van der Waals surface area (Å²) in [6.45, 7) is 5.70. The topological polar surface area (TPSA) is 77.9 Å². The Morgan fingerprint density at radius 1 is 1.23 bits per heavy atom. The van der Waals surface area contributed by atoms with Gasteiger partial charge in [0.05, 0.1) is 30.5 Å². The summed E-state index contributed by atoms with van der Waals surface area (Å²) in [6.07, 6.45) is 2.97. The first-order chi connectivity index (χ1) is 14.4. The van der Waals surface area contributed by atoms with Crippen LogP contribution in [0.4, 0.5) is 15.9 Å². The molecule has 1 aromatic carbocycles. The number of carbonyl (C=O) groups excluding carboxylic acids is 1. The van der Waals surface area contributed by atoms with Gasteiger partial charge in [0.1, 0.15) is 11.6 Å². The molecule has 1 aliphatic carbocycles. The van der Waals surface area contributed by atoms with E-state index in [-0.39, 0.29) is 23.2 Å². The first kappa shape index (κ1) is 19.7. The van der Waals surface area contributed by atoms with E-state index in [1.807, 2.05) is 24.0 Å². The average Bonchev–Trinajstić information content (AvgIpc) is 3.54. The summed E-state index contributed by atoms with van der Waals surface area (Å²) in [5.41, 5.74) is 0.176. The second kappa shape index (κ2) is 7.44. The van der Waals surface area contributed by atoms with Crippen LogP contribution in [0, 0.1) is 11.7 Å². The third kappa shape index (κ3) is 3.53. The summed E-state index contributed by atoms with van der Waals surface area (Å²) < 4.78 is 20.3. The normalized spacial score (nSPS) is 27.6. The summed E-state index contributed by atoms with van der Waals surface area (Å²) in [5, 5.41) is 14.7. The molecule has 2 atom stereocenters. The van der Waals surface area contributed by atoms with E-state index < -0.39 is 6.10 Å². The second-order valence-corrected chi connectivity index (χ2v) is 8.85. The van der Waals surface area contributed by atoms with E-state index in [1.54, 1.807) is 6.20 Å². The lowest BCUT2D eigenvalue weighted by atomic mass is 9.95. The zero-order valence-electron chi connectivity index (χ0n) is 17.1. The summed E-state index contributed by atoms with van der Waals surface area (Å²) in [6, 6.07) is 5.15. The van der Waals surface area contributed by atoms with Crippen molar-refractivity contribution in [3.05, 3.63) is 30.2 Å². The van der Waals surface area contributed by atoms with Gasteiger partial charge in [-0.05, 0) is 43.4 Å². The molecular weight excluding hydrogens is 387 g/mol. The number of amides is 1. The minimum atomic E-state index is -0.502. The van der Waals surface area contributed by atoms with Gasteiger partial charge in [0, 0.05) is 43.7 Å². The zero-order valence-corrected chi connectivity index (χ0v) is 17.1. The molecule has 3 heterocycles. The van der Waals surface area contributed by atoms with Crippen molar-refractivity contribution >= 4 is 28.2 Å². The fourth-order valence-electron chi connectivity index (χ4n) is 4.45. The lowest BCUT2D eigenvalue weighted by Gasteiger charge is -2.45. The van der Waals surface area contributed by atoms with E-state index >= 15 is 0 Å². The number of aliphatic hydroxyl groups is 1. The number of rotatable bonds is 4. The van der Waals surface area contributed by atoms with Gasteiger partial charge in [0.2, 0.25) is 5.91 Å². The summed E-state index contributed by atoms with van der Waals surface area (Å²) >= 11 is 0. The maximum atomic E-state index is 14.9. The Kier molecular flexibility index (Phi) is 4.88. The maximum Gasteiger partial charge on any atom is 0.228 e. The average molecular weight is 414 g/mol. The van der Waals surface area contributed by atoms with Crippen LogP contribution in [-0.4, -0.2) is 71.9 Å². The number of anilines is 2. The maximum absolute atomic E-state index is 14.9. The van der Waals surface area contributed by atoms with Gasteiger partial charge in [0.15, 0.2) is 0 Å². The van der Waals surface area contributed by atoms with Crippen molar-refractivity contribution in [3.63, 3.8) is 0 Å².